The van der Waals surface area contributed by atoms with Crippen molar-refractivity contribution in [2.24, 2.45) is 0 Å². The Morgan fingerprint density at radius 2 is 2.17 bits per heavy atom. The number of aromatic nitrogens is 4. The molecule has 5 heteroatoms. The lowest BCUT2D eigenvalue weighted by Crippen LogP contribution is -1.99. The lowest BCUT2D eigenvalue weighted by Gasteiger charge is -2.07. The zero-order valence-electron chi connectivity index (χ0n) is 12.9. The van der Waals surface area contributed by atoms with Gasteiger partial charge in [-0.1, -0.05) is 13.0 Å². The molecule has 4 rings (SSSR count). The molecule has 0 N–H and O–H groups in total. The Balaban J connectivity index is 1.88. The van der Waals surface area contributed by atoms with Gasteiger partial charge in [0.15, 0.2) is 0 Å². The largest absolute Gasteiger partial charge is 0.321 e. The molecule has 1 fully saturated rings. The summed E-state index contributed by atoms with van der Waals surface area (Å²) in [5.74, 6) is 0.611. The van der Waals surface area contributed by atoms with Gasteiger partial charge >= 0.3 is 0 Å². The van der Waals surface area contributed by atoms with E-state index in [1.807, 2.05) is 18.2 Å². The van der Waals surface area contributed by atoms with Gasteiger partial charge < -0.3 is 4.57 Å². The first-order valence-corrected chi connectivity index (χ1v) is 7.93. The maximum absolute atomic E-state index is 13.6. The van der Waals surface area contributed by atoms with Crippen molar-refractivity contribution in [2.75, 3.05) is 0 Å². The molecular weight excluding hydrogens is 291 g/mol. The molecule has 1 aliphatic rings. The van der Waals surface area contributed by atoms with Gasteiger partial charge in [0.05, 0.1) is 22.9 Å². The van der Waals surface area contributed by atoms with Crippen LogP contribution in [0.25, 0.3) is 28.5 Å². The van der Waals surface area contributed by atoms with Crippen LogP contribution in [0, 0.1) is 5.82 Å². The Hall–Kier alpha value is -2.56. The third-order valence-corrected chi connectivity index (χ3v) is 4.02. The number of rotatable bonds is 4. The van der Waals surface area contributed by atoms with E-state index in [-0.39, 0.29) is 5.82 Å². The molecule has 0 amide bonds. The van der Waals surface area contributed by atoms with Gasteiger partial charge in [-0.2, -0.15) is 10.2 Å². The lowest BCUT2D eigenvalue weighted by atomic mass is 10.2. The fourth-order valence-electron chi connectivity index (χ4n) is 2.80. The summed E-state index contributed by atoms with van der Waals surface area (Å²) in [6, 6.07) is 7.14. The zero-order chi connectivity index (χ0) is 15.8. The maximum atomic E-state index is 13.6. The van der Waals surface area contributed by atoms with E-state index in [4.69, 9.17) is 4.98 Å². The minimum Gasteiger partial charge on any atom is -0.321 e. The molecule has 1 saturated carbocycles. The van der Waals surface area contributed by atoms with Gasteiger partial charge in [-0.25, -0.2) is 9.37 Å². The molecule has 0 bridgehead atoms. The van der Waals surface area contributed by atoms with E-state index >= 15 is 0 Å². The molecule has 0 unspecified atom stereocenters. The molecule has 3 aromatic rings. The summed E-state index contributed by atoms with van der Waals surface area (Å²) >= 11 is 0. The van der Waals surface area contributed by atoms with E-state index in [0.29, 0.717) is 6.04 Å². The molecule has 0 aliphatic heterocycles. The molecule has 2 aromatic heterocycles. The van der Waals surface area contributed by atoms with E-state index in [2.05, 4.69) is 21.7 Å². The average Bonchev–Trinajstić information content (AvgIpc) is 3.33. The van der Waals surface area contributed by atoms with Crippen LogP contribution in [0.4, 0.5) is 4.39 Å². The Bertz CT molecular complexity index is 893. The molecule has 0 radical (unpaired) electrons. The second-order valence-corrected chi connectivity index (χ2v) is 5.85. The van der Waals surface area contributed by atoms with Crippen LogP contribution in [-0.2, 0) is 0 Å². The first kappa shape index (κ1) is 14.1. The van der Waals surface area contributed by atoms with Gasteiger partial charge in [0.1, 0.15) is 11.6 Å². The number of nitrogens with zero attached hydrogens (tertiary/aromatic N) is 4. The van der Waals surface area contributed by atoms with Crippen LogP contribution in [0.5, 0.6) is 0 Å². The van der Waals surface area contributed by atoms with Crippen LogP contribution in [0.3, 0.4) is 0 Å². The molecule has 0 atom stereocenters. The smallest absolute Gasteiger partial charge is 0.143 e. The van der Waals surface area contributed by atoms with Crippen LogP contribution in [0.15, 0.2) is 36.5 Å². The SMILES string of the molecule is CC/C=C\c1cc(-c2nc3ccc(F)cc3n2C2CC2)cnn1. The fraction of sp³-hybridized carbons (Fsp3) is 0.278. The Kier molecular flexibility index (Phi) is 3.41. The van der Waals surface area contributed by atoms with E-state index in [9.17, 15) is 4.39 Å². The number of hydrogen-bond donors (Lipinski definition) is 0. The molecule has 23 heavy (non-hydrogen) atoms. The third-order valence-electron chi connectivity index (χ3n) is 4.02. The van der Waals surface area contributed by atoms with Crippen molar-refractivity contribution in [1.29, 1.82) is 0 Å². The van der Waals surface area contributed by atoms with E-state index in [1.54, 1.807) is 18.3 Å². The van der Waals surface area contributed by atoms with Crippen LogP contribution >= 0.6 is 0 Å². The fourth-order valence-corrected chi connectivity index (χ4v) is 2.80. The van der Waals surface area contributed by atoms with Gasteiger partial charge in [-0.15, -0.1) is 0 Å². The minimum atomic E-state index is -0.231. The van der Waals surface area contributed by atoms with Gasteiger partial charge in [-0.3, -0.25) is 0 Å². The molecule has 1 aliphatic carbocycles. The summed E-state index contributed by atoms with van der Waals surface area (Å²) in [5, 5.41) is 8.22. The van der Waals surface area contributed by atoms with Crippen LogP contribution in [0.2, 0.25) is 0 Å². The summed E-state index contributed by atoms with van der Waals surface area (Å²) in [5.41, 5.74) is 3.39. The number of hydrogen-bond acceptors (Lipinski definition) is 3. The maximum Gasteiger partial charge on any atom is 0.143 e. The third kappa shape index (κ3) is 2.63. The number of allylic oxidation sites excluding steroid dienone is 1. The number of benzene rings is 1. The Morgan fingerprint density at radius 1 is 1.30 bits per heavy atom. The normalized spacial score (nSPS) is 14.9. The van der Waals surface area contributed by atoms with E-state index in [0.717, 1.165) is 47.4 Å². The molecular formula is C18H17FN4. The van der Waals surface area contributed by atoms with Crippen LogP contribution < -0.4 is 0 Å². The Morgan fingerprint density at radius 3 is 2.96 bits per heavy atom. The molecule has 4 nitrogen and oxygen atoms in total. The first-order valence-electron chi connectivity index (χ1n) is 7.93. The highest BCUT2D eigenvalue weighted by atomic mass is 19.1. The van der Waals surface area contributed by atoms with Gasteiger partial charge in [0.25, 0.3) is 0 Å². The van der Waals surface area contributed by atoms with Crippen molar-refractivity contribution < 1.29 is 4.39 Å². The van der Waals surface area contributed by atoms with Crippen molar-refractivity contribution in [3.8, 4) is 11.4 Å². The minimum absolute atomic E-state index is 0.231. The highest BCUT2D eigenvalue weighted by molar-refractivity contribution is 5.81. The highest BCUT2D eigenvalue weighted by Crippen LogP contribution is 2.41. The van der Waals surface area contributed by atoms with Gasteiger partial charge in [-0.05, 0) is 49.6 Å². The standard InChI is InChI=1S/C18H17FN4/c1-2-3-4-14-9-12(11-20-22-14)18-21-16-8-5-13(19)10-17(16)23(18)15-6-7-15/h3-5,8-11,15H,2,6-7H2,1H3/b4-3-. The lowest BCUT2D eigenvalue weighted by molar-refractivity contribution is 0.628. The zero-order valence-corrected chi connectivity index (χ0v) is 12.9. The van der Waals surface area contributed by atoms with Gasteiger partial charge in [0.2, 0.25) is 0 Å². The predicted octanol–water partition coefficient (Wildman–Crippen LogP) is 4.39. The summed E-state index contributed by atoms with van der Waals surface area (Å²) in [6.07, 6.45) is 8.89. The second kappa shape index (κ2) is 5.57. The summed E-state index contributed by atoms with van der Waals surface area (Å²) in [4.78, 5) is 4.71. The molecule has 2 heterocycles. The van der Waals surface area contributed by atoms with Crippen molar-refractivity contribution in [2.45, 2.75) is 32.2 Å². The number of fused-ring (bicyclic) bond motifs is 1. The average molecular weight is 308 g/mol. The van der Waals surface area contributed by atoms with Crippen molar-refractivity contribution in [1.82, 2.24) is 19.7 Å². The topological polar surface area (TPSA) is 43.6 Å². The van der Waals surface area contributed by atoms with Crippen molar-refractivity contribution >= 4 is 17.1 Å². The quantitative estimate of drug-likeness (QED) is 0.718. The predicted molar refractivity (Wildman–Crippen MR) is 88.3 cm³/mol. The first-order chi connectivity index (χ1) is 11.3. The Labute approximate surface area is 133 Å². The number of halogens is 1. The summed E-state index contributed by atoms with van der Waals surface area (Å²) in [7, 11) is 0. The monoisotopic (exact) mass is 308 g/mol. The molecule has 1 aromatic carbocycles. The van der Waals surface area contributed by atoms with Crippen molar-refractivity contribution in [3.63, 3.8) is 0 Å². The van der Waals surface area contributed by atoms with Crippen LogP contribution in [-0.4, -0.2) is 19.7 Å². The second-order valence-electron chi connectivity index (χ2n) is 5.85. The molecule has 0 saturated heterocycles. The van der Waals surface area contributed by atoms with Gasteiger partial charge in [0, 0.05) is 11.6 Å². The van der Waals surface area contributed by atoms with Crippen molar-refractivity contribution in [3.05, 3.63) is 48.0 Å². The summed E-state index contributed by atoms with van der Waals surface area (Å²) < 4.78 is 15.8. The van der Waals surface area contributed by atoms with E-state index in [1.165, 1.54) is 6.07 Å². The molecule has 0 spiro atoms. The number of imidazole rings is 1. The van der Waals surface area contributed by atoms with Crippen LogP contribution in [0.1, 0.15) is 37.9 Å². The highest BCUT2D eigenvalue weighted by Gasteiger charge is 2.29. The molecule has 116 valence electrons. The summed E-state index contributed by atoms with van der Waals surface area (Å²) in [6.45, 7) is 2.08. The van der Waals surface area contributed by atoms with E-state index < -0.39 is 0 Å².